The van der Waals surface area contributed by atoms with Crippen LogP contribution in [-0.4, -0.2) is 69.3 Å². The smallest absolute Gasteiger partial charge is 0.473 e. The van der Waals surface area contributed by atoms with Gasteiger partial charge in [-0.2, -0.15) is 27.9 Å². The zero-order valence-electron chi connectivity index (χ0n) is 22.5. The average Bonchev–Trinajstić information content (AvgIpc) is 3.55. The second-order valence-corrected chi connectivity index (χ2v) is 9.66. The lowest BCUT2D eigenvalue weighted by Crippen LogP contribution is -2.38. The number of fused-ring (bicyclic) bond motifs is 1. The topological polar surface area (TPSA) is 83.1 Å². The van der Waals surface area contributed by atoms with Gasteiger partial charge in [0.05, 0.1) is 37.2 Å². The van der Waals surface area contributed by atoms with Gasteiger partial charge in [-0.1, -0.05) is 0 Å². The summed E-state index contributed by atoms with van der Waals surface area (Å²) >= 11 is 0. The first-order chi connectivity index (χ1) is 19.9. The summed E-state index contributed by atoms with van der Waals surface area (Å²) in [6.07, 6.45) is -2.11. The molecule has 0 N–H and O–H groups in total. The van der Waals surface area contributed by atoms with E-state index in [0.717, 1.165) is 23.7 Å². The first-order valence-electron chi connectivity index (χ1n) is 12.8. The fourth-order valence-electron chi connectivity index (χ4n) is 4.65. The molecule has 224 valence electrons. The van der Waals surface area contributed by atoms with Crippen molar-refractivity contribution in [3.8, 4) is 22.8 Å². The summed E-state index contributed by atoms with van der Waals surface area (Å²) in [5.41, 5.74) is 0.357. The molecule has 0 amide bonds. The van der Waals surface area contributed by atoms with Gasteiger partial charge < -0.3 is 14.2 Å². The highest BCUT2D eigenvalue weighted by Crippen LogP contribution is 2.40. The number of ether oxygens (including phenoxy) is 3. The fourth-order valence-corrected chi connectivity index (χ4v) is 4.65. The van der Waals surface area contributed by atoms with E-state index in [2.05, 4.69) is 15.1 Å². The lowest BCUT2D eigenvalue weighted by molar-refractivity contribution is -0.189. The van der Waals surface area contributed by atoms with Gasteiger partial charge in [0.1, 0.15) is 17.9 Å². The minimum atomic E-state index is -5.29. The molecular weight excluding hydrogens is 572 g/mol. The fraction of sp³-hybridized carbons (Fsp3) is 0.370. The Morgan fingerprint density at radius 2 is 1.79 bits per heavy atom. The largest absolute Gasteiger partial charge is 0.491 e. The molecule has 0 aliphatic carbocycles. The molecule has 42 heavy (non-hydrogen) atoms. The molecule has 15 heteroatoms. The lowest BCUT2D eigenvalue weighted by atomic mass is 10.1. The Morgan fingerprint density at radius 1 is 1.07 bits per heavy atom. The highest BCUT2D eigenvalue weighted by atomic mass is 19.4. The summed E-state index contributed by atoms with van der Waals surface area (Å²) in [5.74, 6) is -6.82. The third kappa shape index (κ3) is 5.92. The minimum absolute atomic E-state index is 0.0381. The van der Waals surface area contributed by atoms with E-state index in [1.807, 2.05) is 0 Å². The molecule has 0 saturated carbocycles. The number of carbonyl (C=O) groups excluding carboxylic acids is 1. The van der Waals surface area contributed by atoms with E-state index in [1.54, 1.807) is 17.8 Å². The third-order valence-corrected chi connectivity index (χ3v) is 6.78. The molecule has 0 bridgehead atoms. The molecule has 1 aliphatic heterocycles. The van der Waals surface area contributed by atoms with Crippen LogP contribution in [0.4, 0.5) is 26.3 Å². The maximum atomic E-state index is 14.3. The standard InChI is InChI=1S/C27H25F6N5O4/c1-15-11-21(41-14-18-19(28)3-4-20(29)23(18)30)38-24(25(15)42-26(39)27(31,32)33)22(16(2)35-38)17-12-34-37(13-17)6-5-36-7-9-40-10-8-36/h3-4,11-13H,5-10,14H2,1-2H3. The highest BCUT2D eigenvalue weighted by molar-refractivity contribution is 5.90. The summed E-state index contributed by atoms with van der Waals surface area (Å²) in [5, 5.41) is 8.73. The van der Waals surface area contributed by atoms with Crippen LogP contribution in [0.5, 0.6) is 11.6 Å². The van der Waals surface area contributed by atoms with Crippen LogP contribution < -0.4 is 9.47 Å². The number of pyridine rings is 1. The molecule has 4 heterocycles. The van der Waals surface area contributed by atoms with Crippen molar-refractivity contribution in [1.29, 1.82) is 0 Å². The Bertz CT molecular complexity index is 1630. The number of benzene rings is 1. The van der Waals surface area contributed by atoms with Crippen LogP contribution in [0.2, 0.25) is 0 Å². The summed E-state index contributed by atoms with van der Waals surface area (Å²) in [7, 11) is 0. The lowest BCUT2D eigenvalue weighted by Gasteiger charge is -2.26. The molecule has 0 unspecified atom stereocenters. The van der Waals surface area contributed by atoms with Crippen molar-refractivity contribution in [3.63, 3.8) is 0 Å². The van der Waals surface area contributed by atoms with Gasteiger partial charge in [0.2, 0.25) is 5.88 Å². The maximum absolute atomic E-state index is 14.3. The van der Waals surface area contributed by atoms with Crippen molar-refractivity contribution in [1.82, 2.24) is 24.3 Å². The first kappa shape index (κ1) is 29.4. The summed E-state index contributed by atoms with van der Waals surface area (Å²) in [6.45, 7) is 6.21. The average molecular weight is 598 g/mol. The number of morpholine rings is 1. The quantitative estimate of drug-likeness (QED) is 0.167. The zero-order valence-corrected chi connectivity index (χ0v) is 22.5. The van der Waals surface area contributed by atoms with Crippen LogP contribution >= 0.6 is 0 Å². The number of rotatable bonds is 8. The van der Waals surface area contributed by atoms with Gasteiger partial charge in [0.25, 0.3) is 0 Å². The molecule has 3 aromatic heterocycles. The number of aromatic nitrogens is 4. The summed E-state index contributed by atoms with van der Waals surface area (Å²) in [6, 6.07) is 2.57. The van der Waals surface area contributed by atoms with E-state index in [1.165, 1.54) is 19.2 Å². The second kappa shape index (κ2) is 11.6. The van der Waals surface area contributed by atoms with Crippen molar-refractivity contribution in [3.05, 3.63) is 64.9 Å². The molecule has 1 saturated heterocycles. The SMILES string of the molecule is Cc1cc(OCc2c(F)ccc(F)c2F)n2nc(C)c(-c3cnn(CCN4CCOCC4)c3)c2c1OC(=O)C(F)(F)F. The Kier molecular flexibility index (Phi) is 8.14. The molecule has 1 aromatic carbocycles. The van der Waals surface area contributed by atoms with Crippen molar-refractivity contribution in [2.75, 3.05) is 32.8 Å². The van der Waals surface area contributed by atoms with Gasteiger partial charge in [-0.05, 0) is 31.5 Å². The van der Waals surface area contributed by atoms with Crippen molar-refractivity contribution < 1.29 is 45.3 Å². The third-order valence-electron chi connectivity index (χ3n) is 6.78. The monoisotopic (exact) mass is 597 g/mol. The minimum Gasteiger partial charge on any atom is -0.473 e. The van der Waals surface area contributed by atoms with E-state index in [9.17, 15) is 31.1 Å². The van der Waals surface area contributed by atoms with Crippen LogP contribution in [0.15, 0.2) is 30.6 Å². The van der Waals surface area contributed by atoms with E-state index in [0.29, 0.717) is 49.2 Å². The highest BCUT2D eigenvalue weighted by Gasteiger charge is 2.42. The van der Waals surface area contributed by atoms with E-state index in [4.69, 9.17) is 14.2 Å². The van der Waals surface area contributed by atoms with Gasteiger partial charge in [-0.25, -0.2) is 18.0 Å². The van der Waals surface area contributed by atoms with E-state index < -0.39 is 47.5 Å². The Labute approximate surface area is 235 Å². The molecule has 0 spiro atoms. The van der Waals surface area contributed by atoms with E-state index in [-0.39, 0.29) is 17.0 Å². The number of nitrogens with zero attached hydrogens (tertiary/aromatic N) is 5. The maximum Gasteiger partial charge on any atom is 0.491 e. The Balaban J connectivity index is 1.55. The number of hydrogen-bond donors (Lipinski definition) is 0. The van der Waals surface area contributed by atoms with E-state index >= 15 is 0 Å². The summed E-state index contributed by atoms with van der Waals surface area (Å²) in [4.78, 5) is 14.1. The molecule has 5 rings (SSSR count). The second-order valence-electron chi connectivity index (χ2n) is 9.66. The van der Waals surface area contributed by atoms with Crippen LogP contribution in [-0.2, 0) is 22.7 Å². The zero-order chi connectivity index (χ0) is 30.2. The predicted molar refractivity (Wildman–Crippen MR) is 135 cm³/mol. The molecule has 1 fully saturated rings. The van der Waals surface area contributed by atoms with Crippen molar-refractivity contribution in [2.24, 2.45) is 0 Å². The molecule has 0 radical (unpaired) electrons. The number of hydrogen-bond acceptors (Lipinski definition) is 7. The van der Waals surface area contributed by atoms with Gasteiger partial charge in [-0.15, -0.1) is 0 Å². The normalized spacial score (nSPS) is 14.5. The van der Waals surface area contributed by atoms with Crippen LogP contribution in [0.25, 0.3) is 16.6 Å². The van der Waals surface area contributed by atoms with Crippen LogP contribution in [0.3, 0.4) is 0 Å². The Hall–Kier alpha value is -4.11. The van der Waals surface area contributed by atoms with Crippen molar-refractivity contribution >= 4 is 11.5 Å². The van der Waals surface area contributed by atoms with Crippen LogP contribution in [0.1, 0.15) is 16.8 Å². The molecule has 0 atom stereocenters. The predicted octanol–water partition coefficient (Wildman–Crippen LogP) is 4.61. The molecule has 9 nitrogen and oxygen atoms in total. The molecular formula is C27H25F6N5O4. The number of aryl methyl sites for hydroxylation is 2. The first-order valence-corrected chi connectivity index (χ1v) is 12.8. The number of halogens is 6. The number of esters is 1. The number of carbonyl (C=O) groups is 1. The number of alkyl halides is 3. The Morgan fingerprint density at radius 3 is 2.50 bits per heavy atom. The summed E-state index contributed by atoms with van der Waals surface area (Å²) < 4.78 is 100. The molecule has 1 aliphatic rings. The van der Waals surface area contributed by atoms with Crippen molar-refractivity contribution in [2.45, 2.75) is 33.2 Å². The van der Waals surface area contributed by atoms with Gasteiger partial charge in [0.15, 0.2) is 17.4 Å². The van der Waals surface area contributed by atoms with Gasteiger partial charge >= 0.3 is 12.1 Å². The van der Waals surface area contributed by atoms with Gasteiger partial charge in [-0.3, -0.25) is 9.58 Å². The van der Waals surface area contributed by atoms with Crippen LogP contribution in [0, 0.1) is 31.3 Å². The van der Waals surface area contributed by atoms with Gasteiger partial charge in [0, 0.05) is 43.0 Å². The molecule has 4 aromatic rings.